The Morgan fingerprint density at radius 3 is 2.43 bits per heavy atom. The number of anilines is 1. The largest absolute Gasteiger partial charge is 0.349 e. The van der Waals surface area contributed by atoms with Gasteiger partial charge in [0, 0.05) is 11.6 Å². The number of rotatable bonds is 5. The van der Waals surface area contributed by atoms with Crippen LogP contribution in [0, 0.1) is 18.8 Å². The first-order chi connectivity index (χ1) is 13.3. The molecule has 148 valence electrons. The Morgan fingerprint density at radius 2 is 1.82 bits per heavy atom. The number of aryl methyl sites for hydroxylation is 1. The molecule has 5 nitrogen and oxygen atoms in total. The van der Waals surface area contributed by atoms with E-state index in [9.17, 15) is 13.2 Å². The van der Waals surface area contributed by atoms with Gasteiger partial charge in [-0.05, 0) is 68.4 Å². The molecule has 2 aliphatic rings. The van der Waals surface area contributed by atoms with Gasteiger partial charge in [-0.1, -0.05) is 35.7 Å². The maximum Gasteiger partial charge on any atom is 0.261 e. The maximum atomic E-state index is 12.6. The third-order valence-electron chi connectivity index (χ3n) is 5.86. The average molecular weight is 419 g/mol. The second-order valence-electron chi connectivity index (χ2n) is 7.87. The van der Waals surface area contributed by atoms with Gasteiger partial charge in [0.2, 0.25) is 0 Å². The number of carbonyl (C=O) groups is 1. The normalized spacial score (nSPS) is 23.6. The van der Waals surface area contributed by atoms with Crippen molar-refractivity contribution in [3.05, 3.63) is 58.6 Å². The fourth-order valence-electron chi connectivity index (χ4n) is 4.33. The first kappa shape index (κ1) is 19.3. The SMILES string of the molecule is Cc1ccc(S(=O)(=O)Nc2ccc(C(=O)N[C@H]3C[C@@H]4CC[C@@H]3C4)cc2Cl)cc1. The standard InChI is InChI=1S/C21H23ClN2O3S/c1-13-2-7-17(8-3-13)28(26,27)24-19-9-6-16(12-18(19)22)21(25)23-20-11-14-4-5-15(20)10-14/h2-3,6-9,12,14-15,20,24H,4-5,10-11H2,1H3,(H,23,25)/t14-,15-,20+/m1/s1. The number of nitrogens with one attached hydrogen (secondary N) is 2. The van der Waals surface area contributed by atoms with Gasteiger partial charge >= 0.3 is 0 Å². The van der Waals surface area contributed by atoms with Gasteiger partial charge in [0.15, 0.2) is 0 Å². The van der Waals surface area contributed by atoms with E-state index in [2.05, 4.69) is 10.0 Å². The summed E-state index contributed by atoms with van der Waals surface area (Å²) in [5, 5.41) is 3.31. The Morgan fingerprint density at radius 1 is 1.07 bits per heavy atom. The van der Waals surface area contributed by atoms with E-state index in [1.807, 2.05) is 6.92 Å². The molecule has 4 rings (SSSR count). The van der Waals surface area contributed by atoms with Crippen molar-refractivity contribution in [2.75, 3.05) is 4.72 Å². The van der Waals surface area contributed by atoms with E-state index >= 15 is 0 Å². The summed E-state index contributed by atoms with van der Waals surface area (Å²) < 4.78 is 27.6. The number of hydrogen-bond donors (Lipinski definition) is 2. The number of fused-ring (bicyclic) bond motifs is 2. The van der Waals surface area contributed by atoms with Crippen LogP contribution in [0.2, 0.25) is 5.02 Å². The zero-order valence-electron chi connectivity index (χ0n) is 15.6. The molecule has 0 spiro atoms. The van der Waals surface area contributed by atoms with Gasteiger partial charge in [0.05, 0.1) is 15.6 Å². The van der Waals surface area contributed by atoms with Crippen LogP contribution in [0.15, 0.2) is 47.4 Å². The van der Waals surface area contributed by atoms with Crippen LogP contribution >= 0.6 is 11.6 Å². The molecular formula is C21H23ClN2O3S. The highest BCUT2D eigenvalue weighted by Crippen LogP contribution is 2.44. The molecule has 2 bridgehead atoms. The van der Waals surface area contributed by atoms with Crippen molar-refractivity contribution >= 4 is 33.2 Å². The molecule has 0 radical (unpaired) electrons. The third kappa shape index (κ3) is 3.89. The lowest BCUT2D eigenvalue weighted by Gasteiger charge is -2.23. The van der Waals surface area contributed by atoms with E-state index in [0.717, 1.165) is 17.9 Å². The molecule has 2 fully saturated rings. The van der Waals surface area contributed by atoms with Crippen LogP contribution in [0.5, 0.6) is 0 Å². The van der Waals surface area contributed by atoms with Crippen molar-refractivity contribution in [2.45, 2.75) is 43.5 Å². The second kappa shape index (κ2) is 7.41. The number of carbonyl (C=O) groups excluding carboxylic acids is 1. The Labute approximate surface area is 170 Å². The van der Waals surface area contributed by atoms with Crippen LogP contribution in [-0.2, 0) is 10.0 Å². The molecule has 7 heteroatoms. The van der Waals surface area contributed by atoms with E-state index in [1.165, 1.54) is 31.4 Å². The minimum Gasteiger partial charge on any atom is -0.349 e. The summed E-state index contributed by atoms with van der Waals surface area (Å²) in [5.74, 6) is 1.18. The lowest BCUT2D eigenvalue weighted by atomic mass is 9.95. The molecule has 2 aromatic rings. The summed E-state index contributed by atoms with van der Waals surface area (Å²) in [6.45, 7) is 1.89. The van der Waals surface area contributed by atoms with E-state index in [-0.39, 0.29) is 27.6 Å². The van der Waals surface area contributed by atoms with Crippen molar-refractivity contribution < 1.29 is 13.2 Å². The van der Waals surface area contributed by atoms with Crippen molar-refractivity contribution in [3.8, 4) is 0 Å². The van der Waals surface area contributed by atoms with Crippen molar-refractivity contribution in [2.24, 2.45) is 11.8 Å². The average Bonchev–Trinajstić information content (AvgIpc) is 3.26. The zero-order chi connectivity index (χ0) is 19.9. The molecule has 0 heterocycles. The zero-order valence-corrected chi connectivity index (χ0v) is 17.2. The summed E-state index contributed by atoms with van der Waals surface area (Å²) in [6, 6.07) is 11.4. The van der Waals surface area contributed by atoms with Gasteiger partial charge in [0.25, 0.3) is 15.9 Å². The molecular weight excluding hydrogens is 396 g/mol. The van der Waals surface area contributed by atoms with Crippen molar-refractivity contribution in [1.29, 1.82) is 0 Å². The molecule has 0 aromatic heterocycles. The Hall–Kier alpha value is -2.05. The predicted molar refractivity (Wildman–Crippen MR) is 110 cm³/mol. The van der Waals surface area contributed by atoms with Crippen LogP contribution in [0.3, 0.4) is 0 Å². The highest BCUT2D eigenvalue weighted by molar-refractivity contribution is 7.92. The van der Waals surface area contributed by atoms with E-state index < -0.39 is 10.0 Å². The summed E-state index contributed by atoms with van der Waals surface area (Å²) in [6.07, 6.45) is 4.73. The number of hydrogen-bond acceptors (Lipinski definition) is 3. The summed E-state index contributed by atoms with van der Waals surface area (Å²) >= 11 is 6.26. The van der Waals surface area contributed by atoms with Crippen LogP contribution in [0.1, 0.15) is 41.6 Å². The molecule has 0 aliphatic heterocycles. The Kier molecular flexibility index (Phi) is 5.10. The van der Waals surface area contributed by atoms with Crippen molar-refractivity contribution in [3.63, 3.8) is 0 Å². The number of benzene rings is 2. The third-order valence-corrected chi connectivity index (χ3v) is 7.56. The number of sulfonamides is 1. The molecule has 28 heavy (non-hydrogen) atoms. The van der Waals surface area contributed by atoms with E-state index in [1.54, 1.807) is 30.3 Å². The monoisotopic (exact) mass is 418 g/mol. The Bertz CT molecular complexity index is 1000. The Balaban J connectivity index is 1.46. The highest BCUT2D eigenvalue weighted by Gasteiger charge is 2.40. The fourth-order valence-corrected chi connectivity index (χ4v) is 5.70. The minimum absolute atomic E-state index is 0.160. The van der Waals surface area contributed by atoms with Crippen LogP contribution in [0.4, 0.5) is 5.69 Å². The number of halogens is 1. The summed E-state index contributed by atoms with van der Waals surface area (Å²) in [5.41, 5.74) is 1.66. The quantitative estimate of drug-likeness (QED) is 0.757. The van der Waals surface area contributed by atoms with E-state index in [4.69, 9.17) is 11.6 Å². The topological polar surface area (TPSA) is 75.3 Å². The fraction of sp³-hybridized carbons (Fsp3) is 0.381. The molecule has 2 aliphatic carbocycles. The lowest BCUT2D eigenvalue weighted by Crippen LogP contribution is -2.38. The molecule has 0 saturated heterocycles. The van der Waals surface area contributed by atoms with Gasteiger partial charge in [-0.2, -0.15) is 0 Å². The summed E-state index contributed by atoms with van der Waals surface area (Å²) in [7, 11) is -3.75. The van der Waals surface area contributed by atoms with Gasteiger partial charge in [-0.3, -0.25) is 9.52 Å². The molecule has 2 aromatic carbocycles. The second-order valence-corrected chi connectivity index (χ2v) is 9.96. The van der Waals surface area contributed by atoms with Gasteiger partial charge in [-0.25, -0.2) is 8.42 Å². The molecule has 0 unspecified atom stereocenters. The molecule has 1 amide bonds. The first-order valence-corrected chi connectivity index (χ1v) is 11.4. The first-order valence-electron chi connectivity index (χ1n) is 9.52. The van der Waals surface area contributed by atoms with Crippen LogP contribution in [0.25, 0.3) is 0 Å². The van der Waals surface area contributed by atoms with Crippen LogP contribution < -0.4 is 10.0 Å². The van der Waals surface area contributed by atoms with Gasteiger partial charge in [0.1, 0.15) is 0 Å². The van der Waals surface area contributed by atoms with Gasteiger partial charge < -0.3 is 5.32 Å². The van der Waals surface area contributed by atoms with Gasteiger partial charge in [-0.15, -0.1) is 0 Å². The minimum atomic E-state index is -3.75. The number of amides is 1. The molecule has 3 atom stereocenters. The summed E-state index contributed by atoms with van der Waals surface area (Å²) in [4.78, 5) is 12.7. The highest BCUT2D eigenvalue weighted by atomic mass is 35.5. The predicted octanol–water partition coefficient (Wildman–Crippen LogP) is 4.37. The van der Waals surface area contributed by atoms with Crippen molar-refractivity contribution in [1.82, 2.24) is 5.32 Å². The van der Waals surface area contributed by atoms with E-state index in [0.29, 0.717) is 11.5 Å². The molecule has 2 saturated carbocycles. The maximum absolute atomic E-state index is 12.6. The van der Waals surface area contributed by atoms with Crippen LogP contribution in [-0.4, -0.2) is 20.4 Å². The molecule has 2 N–H and O–H groups in total. The lowest BCUT2D eigenvalue weighted by molar-refractivity contribution is 0.0923. The smallest absolute Gasteiger partial charge is 0.261 e.